The van der Waals surface area contributed by atoms with Crippen LogP contribution in [0.5, 0.6) is 0 Å². The fourth-order valence-corrected chi connectivity index (χ4v) is 1.99. The molecule has 2 rings (SSSR count). The van der Waals surface area contributed by atoms with E-state index in [2.05, 4.69) is 35.5 Å². The first kappa shape index (κ1) is 11.8. The number of nitrogens with one attached hydrogen (secondary N) is 2. The second-order valence-electron chi connectivity index (χ2n) is 4.16. The summed E-state index contributed by atoms with van der Waals surface area (Å²) >= 11 is 5.23. The Bertz CT molecular complexity index is 532. The van der Waals surface area contributed by atoms with Crippen LogP contribution in [0.3, 0.4) is 0 Å². The monoisotopic (exact) mass is 245 g/mol. The molecule has 3 nitrogen and oxygen atoms in total. The van der Waals surface area contributed by atoms with E-state index in [0.29, 0.717) is 11.2 Å². The first-order chi connectivity index (χ1) is 8.16. The quantitative estimate of drug-likeness (QED) is 0.798. The van der Waals surface area contributed by atoms with Crippen molar-refractivity contribution in [2.45, 2.75) is 19.9 Å². The molecule has 0 saturated carbocycles. The summed E-state index contributed by atoms with van der Waals surface area (Å²) in [6, 6.07) is 8.37. The van der Waals surface area contributed by atoms with E-state index in [1.807, 2.05) is 24.4 Å². The number of nitrogens with zero attached hydrogens (tertiary/aromatic N) is 1. The number of benzene rings is 1. The molecule has 2 aromatic rings. The molecule has 1 aromatic heterocycles. The summed E-state index contributed by atoms with van der Waals surface area (Å²) in [5.74, 6) is 0. The van der Waals surface area contributed by atoms with Crippen molar-refractivity contribution in [3.8, 4) is 0 Å². The number of anilines is 1. The van der Waals surface area contributed by atoms with E-state index >= 15 is 0 Å². The molecular weight excluding hydrogens is 230 g/mol. The van der Waals surface area contributed by atoms with Crippen LogP contribution in [0.15, 0.2) is 36.7 Å². The summed E-state index contributed by atoms with van der Waals surface area (Å²) in [4.78, 5) is 4.14. The number of hydrogen-bond donors (Lipinski definition) is 2. The SMILES string of the molecule is CC(C)NC(=S)Nc1cccc2ccncc12. The molecule has 0 atom stereocenters. The molecule has 2 N–H and O–H groups in total. The summed E-state index contributed by atoms with van der Waals surface area (Å²) in [5.41, 5.74) is 0.980. The van der Waals surface area contributed by atoms with E-state index in [-0.39, 0.29) is 0 Å². The van der Waals surface area contributed by atoms with Crippen molar-refractivity contribution < 1.29 is 0 Å². The highest BCUT2D eigenvalue weighted by molar-refractivity contribution is 7.80. The molecule has 17 heavy (non-hydrogen) atoms. The van der Waals surface area contributed by atoms with E-state index in [4.69, 9.17) is 12.2 Å². The highest BCUT2D eigenvalue weighted by atomic mass is 32.1. The number of fused-ring (bicyclic) bond motifs is 1. The molecule has 0 bridgehead atoms. The van der Waals surface area contributed by atoms with Crippen LogP contribution in [-0.2, 0) is 0 Å². The maximum atomic E-state index is 5.23. The average molecular weight is 245 g/mol. The second kappa shape index (κ2) is 5.10. The fraction of sp³-hybridized carbons (Fsp3) is 0.231. The van der Waals surface area contributed by atoms with Crippen LogP contribution in [0, 0.1) is 0 Å². The lowest BCUT2D eigenvalue weighted by Gasteiger charge is -2.14. The molecule has 0 unspecified atom stereocenters. The van der Waals surface area contributed by atoms with Crippen molar-refractivity contribution in [1.82, 2.24) is 10.3 Å². The number of thiocarbonyl (C=S) groups is 1. The molecule has 1 aromatic carbocycles. The zero-order chi connectivity index (χ0) is 12.3. The summed E-state index contributed by atoms with van der Waals surface area (Å²) < 4.78 is 0. The van der Waals surface area contributed by atoms with Crippen molar-refractivity contribution in [3.63, 3.8) is 0 Å². The van der Waals surface area contributed by atoms with Crippen molar-refractivity contribution in [3.05, 3.63) is 36.7 Å². The van der Waals surface area contributed by atoms with Crippen molar-refractivity contribution in [1.29, 1.82) is 0 Å². The third kappa shape index (κ3) is 2.91. The van der Waals surface area contributed by atoms with Gasteiger partial charge in [-0.2, -0.15) is 0 Å². The molecule has 88 valence electrons. The van der Waals surface area contributed by atoms with E-state index < -0.39 is 0 Å². The van der Waals surface area contributed by atoms with Gasteiger partial charge in [-0.25, -0.2) is 0 Å². The van der Waals surface area contributed by atoms with Crippen LogP contribution >= 0.6 is 12.2 Å². The highest BCUT2D eigenvalue weighted by Gasteiger charge is 2.03. The first-order valence-electron chi connectivity index (χ1n) is 5.57. The Morgan fingerprint density at radius 3 is 2.88 bits per heavy atom. The Labute approximate surface area is 106 Å². The summed E-state index contributed by atoms with van der Waals surface area (Å²) in [5, 5.41) is 9.21. The van der Waals surface area contributed by atoms with E-state index in [0.717, 1.165) is 16.5 Å². The van der Waals surface area contributed by atoms with Gasteiger partial charge >= 0.3 is 0 Å². The van der Waals surface area contributed by atoms with Crippen LogP contribution in [0.1, 0.15) is 13.8 Å². The van der Waals surface area contributed by atoms with Crippen LogP contribution in [0.2, 0.25) is 0 Å². The van der Waals surface area contributed by atoms with Gasteiger partial charge in [0.05, 0.1) is 0 Å². The molecule has 0 fully saturated rings. The van der Waals surface area contributed by atoms with Gasteiger partial charge in [0.25, 0.3) is 0 Å². The number of rotatable bonds is 2. The van der Waals surface area contributed by atoms with Gasteiger partial charge in [-0.1, -0.05) is 12.1 Å². The van der Waals surface area contributed by atoms with E-state index in [1.165, 1.54) is 0 Å². The molecule has 0 aliphatic rings. The van der Waals surface area contributed by atoms with Gasteiger partial charge in [-0.3, -0.25) is 4.98 Å². The number of hydrogen-bond acceptors (Lipinski definition) is 2. The van der Waals surface area contributed by atoms with Crippen LogP contribution < -0.4 is 10.6 Å². The maximum absolute atomic E-state index is 5.23. The van der Waals surface area contributed by atoms with Gasteiger partial charge < -0.3 is 10.6 Å². The Balaban J connectivity index is 2.27. The lowest BCUT2D eigenvalue weighted by Crippen LogP contribution is -2.33. The minimum absolute atomic E-state index is 0.322. The highest BCUT2D eigenvalue weighted by Crippen LogP contribution is 2.21. The van der Waals surface area contributed by atoms with Gasteiger partial charge in [0, 0.05) is 29.5 Å². The van der Waals surface area contributed by atoms with Crippen molar-refractivity contribution >= 4 is 33.8 Å². The van der Waals surface area contributed by atoms with Crippen molar-refractivity contribution in [2.24, 2.45) is 0 Å². The topological polar surface area (TPSA) is 37.0 Å². The molecule has 0 spiro atoms. The van der Waals surface area contributed by atoms with E-state index in [1.54, 1.807) is 6.20 Å². The Morgan fingerprint density at radius 1 is 1.29 bits per heavy atom. The maximum Gasteiger partial charge on any atom is 0.170 e. The molecule has 0 aliphatic heterocycles. The molecule has 0 amide bonds. The molecule has 0 saturated heterocycles. The van der Waals surface area contributed by atoms with Crippen LogP contribution in [-0.4, -0.2) is 16.1 Å². The van der Waals surface area contributed by atoms with E-state index in [9.17, 15) is 0 Å². The molecule has 0 aliphatic carbocycles. The summed E-state index contributed by atoms with van der Waals surface area (Å²) in [6.45, 7) is 4.11. The predicted molar refractivity (Wildman–Crippen MR) is 76.2 cm³/mol. The Hall–Kier alpha value is -1.68. The van der Waals surface area contributed by atoms with Crippen LogP contribution in [0.4, 0.5) is 5.69 Å². The van der Waals surface area contributed by atoms with Crippen LogP contribution in [0.25, 0.3) is 10.8 Å². The standard InChI is InChI=1S/C13H15N3S/c1-9(2)15-13(17)16-12-5-3-4-10-6-7-14-8-11(10)12/h3-9H,1-2H3,(H2,15,16,17). The van der Waals surface area contributed by atoms with Gasteiger partial charge in [-0.15, -0.1) is 0 Å². The number of pyridine rings is 1. The zero-order valence-electron chi connectivity index (χ0n) is 9.90. The zero-order valence-corrected chi connectivity index (χ0v) is 10.7. The summed E-state index contributed by atoms with van der Waals surface area (Å²) in [6.07, 6.45) is 3.63. The first-order valence-corrected chi connectivity index (χ1v) is 5.98. The van der Waals surface area contributed by atoms with Crippen molar-refractivity contribution in [2.75, 3.05) is 5.32 Å². The lowest BCUT2D eigenvalue weighted by molar-refractivity contribution is 0.739. The molecule has 1 heterocycles. The average Bonchev–Trinajstić information content (AvgIpc) is 2.28. The molecular formula is C13H15N3S. The Morgan fingerprint density at radius 2 is 2.12 bits per heavy atom. The van der Waals surface area contributed by atoms with Gasteiger partial charge in [0.1, 0.15) is 0 Å². The Kier molecular flexibility index (Phi) is 3.54. The molecule has 0 radical (unpaired) electrons. The predicted octanol–water partition coefficient (Wildman–Crippen LogP) is 2.93. The normalized spacial score (nSPS) is 10.5. The third-order valence-corrected chi connectivity index (χ3v) is 2.57. The minimum atomic E-state index is 0.322. The summed E-state index contributed by atoms with van der Waals surface area (Å²) in [7, 11) is 0. The lowest BCUT2D eigenvalue weighted by atomic mass is 10.1. The molecule has 4 heteroatoms. The smallest absolute Gasteiger partial charge is 0.170 e. The second-order valence-corrected chi connectivity index (χ2v) is 4.56. The largest absolute Gasteiger partial charge is 0.360 e. The van der Waals surface area contributed by atoms with Gasteiger partial charge in [-0.05, 0) is 43.6 Å². The minimum Gasteiger partial charge on any atom is -0.360 e. The number of aromatic nitrogens is 1. The third-order valence-electron chi connectivity index (χ3n) is 2.35. The fourth-order valence-electron chi connectivity index (χ4n) is 1.64. The van der Waals surface area contributed by atoms with Gasteiger partial charge in [0.15, 0.2) is 5.11 Å². The van der Waals surface area contributed by atoms with Gasteiger partial charge in [0.2, 0.25) is 0 Å².